The van der Waals surface area contributed by atoms with E-state index in [1.807, 2.05) is 0 Å². The van der Waals surface area contributed by atoms with E-state index in [0.29, 0.717) is 24.3 Å². The van der Waals surface area contributed by atoms with Gasteiger partial charge in [-0.1, -0.05) is 18.2 Å². The van der Waals surface area contributed by atoms with Gasteiger partial charge in [-0.05, 0) is 55.3 Å². The van der Waals surface area contributed by atoms with E-state index in [9.17, 15) is 13.6 Å². The molecule has 5 nitrogen and oxygen atoms in total. The number of hydrogen-bond donors (Lipinski definition) is 2. The zero-order valence-electron chi connectivity index (χ0n) is 14.7. The molecule has 1 heterocycles. The van der Waals surface area contributed by atoms with Gasteiger partial charge in [0.05, 0.1) is 0 Å². The van der Waals surface area contributed by atoms with Crippen LogP contribution in [0.25, 0.3) is 0 Å². The lowest BCUT2D eigenvalue weighted by molar-refractivity contribution is 0.0949. The molecule has 0 atom stereocenters. The highest BCUT2D eigenvalue weighted by Gasteiger charge is 2.11. The van der Waals surface area contributed by atoms with Gasteiger partial charge in [0.1, 0.15) is 17.3 Å². The number of aryl methyl sites for hydroxylation is 1. The van der Waals surface area contributed by atoms with E-state index in [-0.39, 0.29) is 29.2 Å². The van der Waals surface area contributed by atoms with E-state index < -0.39 is 0 Å². The monoisotopic (exact) mass is 368 g/mol. The van der Waals surface area contributed by atoms with Gasteiger partial charge in [-0.15, -0.1) is 0 Å². The normalized spacial score (nSPS) is 10.5. The summed E-state index contributed by atoms with van der Waals surface area (Å²) in [5, 5.41) is 5.67. The van der Waals surface area contributed by atoms with Gasteiger partial charge in [-0.25, -0.2) is 18.7 Å². The number of halogens is 2. The second-order valence-electron chi connectivity index (χ2n) is 5.99. The van der Waals surface area contributed by atoms with Gasteiger partial charge < -0.3 is 10.6 Å². The van der Waals surface area contributed by atoms with Crippen LogP contribution in [0.15, 0.2) is 54.6 Å². The van der Waals surface area contributed by atoms with Gasteiger partial charge in [0.2, 0.25) is 5.95 Å². The molecular formula is C20H18F2N4O. The topological polar surface area (TPSA) is 66.9 Å². The van der Waals surface area contributed by atoms with Gasteiger partial charge in [0.25, 0.3) is 5.91 Å². The molecule has 0 saturated carbocycles. The smallest absolute Gasteiger partial charge is 0.270 e. The lowest BCUT2D eigenvalue weighted by Gasteiger charge is -2.09. The van der Waals surface area contributed by atoms with Crippen molar-refractivity contribution in [1.29, 1.82) is 0 Å². The zero-order valence-corrected chi connectivity index (χ0v) is 14.7. The van der Waals surface area contributed by atoms with E-state index >= 15 is 0 Å². The molecule has 7 heteroatoms. The molecule has 0 aliphatic heterocycles. The highest BCUT2D eigenvalue weighted by molar-refractivity contribution is 5.92. The van der Waals surface area contributed by atoms with Crippen LogP contribution < -0.4 is 10.6 Å². The summed E-state index contributed by atoms with van der Waals surface area (Å²) in [6, 6.07) is 13.6. The van der Waals surface area contributed by atoms with Crippen LogP contribution in [0.3, 0.4) is 0 Å². The van der Waals surface area contributed by atoms with Crippen LogP contribution in [0, 0.1) is 18.6 Å². The van der Waals surface area contributed by atoms with Crippen molar-refractivity contribution in [3.8, 4) is 0 Å². The third kappa shape index (κ3) is 5.31. The number of nitrogens with one attached hydrogen (secondary N) is 2. The molecule has 1 aromatic heterocycles. The van der Waals surface area contributed by atoms with Crippen molar-refractivity contribution in [2.75, 3.05) is 11.9 Å². The van der Waals surface area contributed by atoms with Crippen molar-refractivity contribution in [3.05, 3.63) is 83.2 Å². The van der Waals surface area contributed by atoms with Gasteiger partial charge in [-0.2, -0.15) is 0 Å². The SMILES string of the molecule is Cc1cc(C(=O)NCCc2ccc(F)cc2)nc(Nc2cccc(F)c2)n1. The van der Waals surface area contributed by atoms with Gasteiger partial charge in [-0.3, -0.25) is 4.79 Å². The molecular weight excluding hydrogens is 350 g/mol. The molecule has 1 amide bonds. The number of anilines is 2. The van der Waals surface area contributed by atoms with Crippen LogP contribution in [-0.4, -0.2) is 22.4 Å². The summed E-state index contributed by atoms with van der Waals surface area (Å²) < 4.78 is 26.2. The number of benzene rings is 2. The molecule has 0 fully saturated rings. The van der Waals surface area contributed by atoms with Crippen molar-refractivity contribution in [2.45, 2.75) is 13.3 Å². The summed E-state index contributed by atoms with van der Waals surface area (Å²) in [5.74, 6) is -0.807. The Morgan fingerprint density at radius 1 is 1.00 bits per heavy atom. The Morgan fingerprint density at radius 3 is 2.52 bits per heavy atom. The molecule has 0 radical (unpaired) electrons. The van der Waals surface area contributed by atoms with Crippen LogP contribution >= 0.6 is 0 Å². The second-order valence-corrected chi connectivity index (χ2v) is 5.99. The first-order chi connectivity index (χ1) is 13.0. The fourth-order valence-corrected chi connectivity index (χ4v) is 2.50. The van der Waals surface area contributed by atoms with Gasteiger partial charge in [0.15, 0.2) is 0 Å². The van der Waals surface area contributed by atoms with Crippen LogP contribution in [0.2, 0.25) is 0 Å². The Kier molecular flexibility index (Phi) is 5.71. The zero-order chi connectivity index (χ0) is 19.2. The predicted octanol–water partition coefficient (Wildman–Crippen LogP) is 3.78. The van der Waals surface area contributed by atoms with Gasteiger partial charge in [0, 0.05) is 17.9 Å². The van der Waals surface area contributed by atoms with Gasteiger partial charge >= 0.3 is 0 Å². The van der Waals surface area contributed by atoms with Crippen molar-refractivity contribution in [2.24, 2.45) is 0 Å². The fourth-order valence-electron chi connectivity index (χ4n) is 2.50. The molecule has 0 spiro atoms. The lowest BCUT2D eigenvalue weighted by atomic mass is 10.1. The summed E-state index contributed by atoms with van der Waals surface area (Å²) in [5.41, 5.74) is 2.22. The number of rotatable bonds is 6. The number of hydrogen-bond acceptors (Lipinski definition) is 4. The molecule has 2 N–H and O–H groups in total. The maximum atomic E-state index is 13.3. The first-order valence-corrected chi connectivity index (χ1v) is 8.40. The molecule has 27 heavy (non-hydrogen) atoms. The summed E-state index contributed by atoms with van der Waals surface area (Å²) in [4.78, 5) is 20.8. The molecule has 0 aliphatic rings. The number of nitrogens with zero attached hydrogens (tertiary/aromatic N) is 2. The largest absolute Gasteiger partial charge is 0.350 e. The number of amides is 1. The molecule has 0 saturated heterocycles. The van der Waals surface area contributed by atoms with Crippen LogP contribution in [0.1, 0.15) is 21.7 Å². The first-order valence-electron chi connectivity index (χ1n) is 8.40. The Hall–Kier alpha value is -3.35. The van der Waals surface area contributed by atoms with E-state index in [1.54, 1.807) is 37.3 Å². The standard InChI is InChI=1S/C20H18F2N4O/c1-13-11-18(19(27)23-10-9-14-5-7-15(21)8-6-14)26-20(24-13)25-17-4-2-3-16(22)12-17/h2-8,11-12H,9-10H2,1H3,(H,23,27)(H,24,25,26). The molecule has 3 rings (SSSR count). The fraction of sp³-hybridized carbons (Fsp3) is 0.150. The average Bonchev–Trinajstić information content (AvgIpc) is 2.63. The summed E-state index contributed by atoms with van der Waals surface area (Å²) in [6.07, 6.45) is 0.574. The minimum absolute atomic E-state index is 0.209. The average molecular weight is 368 g/mol. The number of aromatic nitrogens is 2. The maximum Gasteiger partial charge on any atom is 0.270 e. The van der Waals surface area contributed by atoms with E-state index in [2.05, 4.69) is 20.6 Å². The Balaban J connectivity index is 1.64. The van der Waals surface area contributed by atoms with Crippen molar-refractivity contribution < 1.29 is 13.6 Å². The van der Waals surface area contributed by atoms with E-state index in [4.69, 9.17) is 0 Å². The highest BCUT2D eigenvalue weighted by atomic mass is 19.1. The molecule has 0 bridgehead atoms. The maximum absolute atomic E-state index is 13.3. The first kappa shape index (κ1) is 18.4. The van der Waals surface area contributed by atoms with Crippen molar-refractivity contribution >= 4 is 17.5 Å². The van der Waals surface area contributed by atoms with Crippen LogP contribution in [-0.2, 0) is 6.42 Å². The summed E-state index contributed by atoms with van der Waals surface area (Å²) in [7, 11) is 0. The second kappa shape index (κ2) is 8.35. The molecule has 3 aromatic rings. The lowest BCUT2D eigenvalue weighted by Crippen LogP contribution is -2.27. The highest BCUT2D eigenvalue weighted by Crippen LogP contribution is 2.15. The minimum Gasteiger partial charge on any atom is -0.350 e. The summed E-state index contributed by atoms with van der Waals surface area (Å²) >= 11 is 0. The Bertz CT molecular complexity index is 945. The van der Waals surface area contributed by atoms with Crippen LogP contribution in [0.5, 0.6) is 0 Å². The van der Waals surface area contributed by atoms with Crippen molar-refractivity contribution in [1.82, 2.24) is 15.3 Å². The third-order valence-electron chi connectivity index (χ3n) is 3.78. The molecule has 2 aromatic carbocycles. The molecule has 0 aliphatic carbocycles. The van der Waals surface area contributed by atoms with Crippen molar-refractivity contribution in [3.63, 3.8) is 0 Å². The van der Waals surface area contributed by atoms with E-state index in [0.717, 1.165) is 5.56 Å². The predicted molar refractivity (Wildman–Crippen MR) is 98.9 cm³/mol. The third-order valence-corrected chi connectivity index (χ3v) is 3.78. The molecule has 0 unspecified atom stereocenters. The number of carbonyl (C=O) groups is 1. The van der Waals surface area contributed by atoms with Crippen LogP contribution in [0.4, 0.5) is 20.4 Å². The Labute approximate surface area is 155 Å². The minimum atomic E-state index is -0.383. The molecule has 138 valence electrons. The number of carbonyl (C=O) groups excluding carboxylic acids is 1. The quantitative estimate of drug-likeness (QED) is 0.695. The summed E-state index contributed by atoms with van der Waals surface area (Å²) in [6.45, 7) is 2.13. The van der Waals surface area contributed by atoms with E-state index in [1.165, 1.54) is 24.3 Å². The Morgan fingerprint density at radius 2 is 1.78 bits per heavy atom.